The minimum Gasteiger partial charge on any atom is -0.493 e. The van der Waals surface area contributed by atoms with Gasteiger partial charge in [-0.25, -0.2) is 19.7 Å². The van der Waals surface area contributed by atoms with E-state index in [9.17, 15) is 9.90 Å². The minimum absolute atomic E-state index is 0.507. The Morgan fingerprint density at radius 2 is 1.64 bits per heavy atom. The van der Waals surface area contributed by atoms with Crippen LogP contribution in [0.25, 0.3) is 43.4 Å². The van der Waals surface area contributed by atoms with Gasteiger partial charge in [-0.15, -0.1) is 11.3 Å². The second kappa shape index (κ2) is 11.7. The van der Waals surface area contributed by atoms with Crippen LogP contribution in [0.1, 0.15) is 38.0 Å². The van der Waals surface area contributed by atoms with Crippen molar-refractivity contribution < 1.29 is 24.1 Å². The van der Waals surface area contributed by atoms with Gasteiger partial charge in [0.05, 0.1) is 30.0 Å². The number of ether oxygens (including phenoxy) is 3. The SMILES string of the molecule is COc1ccc(-c2nccc(-c3nc4cc(C)c([C@H](OC(C)(C)C)C(=O)O)c(-c5ccc(Cl)cc5)c4s3)n2)cc1OC. The maximum absolute atomic E-state index is 12.6. The van der Waals surface area contributed by atoms with Gasteiger partial charge in [0.25, 0.3) is 0 Å². The molecule has 8 nitrogen and oxygen atoms in total. The van der Waals surface area contributed by atoms with E-state index in [1.807, 2.05) is 64.1 Å². The number of benzene rings is 3. The van der Waals surface area contributed by atoms with Crippen LogP contribution in [-0.2, 0) is 9.53 Å². The van der Waals surface area contributed by atoms with Gasteiger partial charge < -0.3 is 19.3 Å². The highest BCUT2D eigenvalue weighted by Crippen LogP contribution is 2.44. The quantitative estimate of drug-likeness (QED) is 0.190. The fourth-order valence-corrected chi connectivity index (χ4v) is 5.96. The number of aryl methyl sites for hydroxylation is 1. The summed E-state index contributed by atoms with van der Waals surface area (Å²) in [6, 6.07) is 16.6. The Morgan fingerprint density at radius 3 is 2.29 bits per heavy atom. The molecule has 0 radical (unpaired) electrons. The molecular formula is C32H30ClN3O5S. The Labute approximate surface area is 252 Å². The van der Waals surface area contributed by atoms with E-state index >= 15 is 0 Å². The van der Waals surface area contributed by atoms with Crippen molar-refractivity contribution in [3.05, 3.63) is 76.9 Å². The maximum atomic E-state index is 12.6. The molecule has 0 bridgehead atoms. The zero-order valence-corrected chi connectivity index (χ0v) is 25.6. The highest BCUT2D eigenvalue weighted by Gasteiger charge is 2.32. The number of hydrogen-bond donors (Lipinski definition) is 1. The van der Waals surface area contributed by atoms with Crippen LogP contribution in [0.4, 0.5) is 0 Å². The molecule has 0 spiro atoms. The first-order valence-corrected chi connectivity index (χ1v) is 14.3. The third-order valence-corrected chi connectivity index (χ3v) is 7.90. The Kier molecular flexibility index (Phi) is 8.19. The topological polar surface area (TPSA) is 104 Å². The Bertz CT molecular complexity index is 1780. The van der Waals surface area contributed by atoms with E-state index in [1.54, 1.807) is 38.6 Å². The number of halogens is 1. The van der Waals surface area contributed by atoms with Crippen molar-refractivity contribution >= 4 is 39.1 Å². The van der Waals surface area contributed by atoms with E-state index in [0.29, 0.717) is 38.6 Å². The number of rotatable bonds is 8. The van der Waals surface area contributed by atoms with Gasteiger partial charge in [-0.1, -0.05) is 23.7 Å². The van der Waals surface area contributed by atoms with Crippen LogP contribution >= 0.6 is 22.9 Å². The predicted molar refractivity (Wildman–Crippen MR) is 166 cm³/mol. The van der Waals surface area contributed by atoms with E-state index in [1.165, 1.54) is 11.3 Å². The Morgan fingerprint density at radius 1 is 0.952 bits per heavy atom. The molecular weight excluding hydrogens is 574 g/mol. The highest BCUT2D eigenvalue weighted by molar-refractivity contribution is 7.22. The van der Waals surface area contributed by atoms with Gasteiger partial charge in [0.15, 0.2) is 23.4 Å². The lowest BCUT2D eigenvalue weighted by Gasteiger charge is -2.28. The normalized spacial score (nSPS) is 12.4. The molecule has 5 rings (SSSR count). The van der Waals surface area contributed by atoms with Crippen molar-refractivity contribution in [2.75, 3.05) is 14.2 Å². The molecule has 1 atom stereocenters. The smallest absolute Gasteiger partial charge is 0.337 e. The van der Waals surface area contributed by atoms with Gasteiger partial charge in [-0.05, 0) is 81.3 Å². The third kappa shape index (κ3) is 5.94. The fourth-order valence-electron chi connectivity index (χ4n) is 4.74. The number of hydrogen-bond acceptors (Lipinski definition) is 8. The second-order valence-corrected chi connectivity index (χ2v) is 12.1. The van der Waals surface area contributed by atoms with Gasteiger partial charge in [0.1, 0.15) is 10.7 Å². The highest BCUT2D eigenvalue weighted by atomic mass is 35.5. The van der Waals surface area contributed by atoms with Crippen LogP contribution in [0, 0.1) is 6.92 Å². The Balaban J connectivity index is 1.70. The average Bonchev–Trinajstić information content (AvgIpc) is 3.38. The zero-order valence-electron chi connectivity index (χ0n) is 24.1. The van der Waals surface area contributed by atoms with Crippen molar-refractivity contribution in [3.8, 4) is 44.7 Å². The molecule has 216 valence electrons. The maximum Gasteiger partial charge on any atom is 0.337 e. The first kappa shape index (κ1) is 29.4. The molecule has 3 aromatic carbocycles. The summed E-state index contributed by atoms with van der Waals surface area (Å²) in [7, 11) is 3.16. The molecule has 0 unspecified atom stereocenters. The number of thiazole rings is 1. The lowest BCUT2D eigenvalue weighted by atomic mass is 9.91. The first-order valence-electron chi connectivity index (χ1n) is 13.2. The molecule has 0 aliphatic carbocycles. The summed E-state index contributed by atoms with van der Waals surface area (Å²) < 4.78 is 17.7. The van der Waals surface area contributed by atoms with Crippen molar-refractivity contribution in [1.29, 1.82) is 0 Å². The van der Waals surface area contributed by atoms with E-state index in [2.05, 4.69) is 4.98 Å². The molecule has 0 aliphatic heterocycles. The van der Waals surface area contributed by atoms with Crippen molar-refractivity contribution in [1.82, 2.24) is 15.0 Å². The molecule has 2 heterocycles. The van der Waals surface area contributed by atoms with Crippen LogP contribution < -0.4 is 9.47 Å². The van der Waals surface area contributed by atoms with E-state index in [-0.39, 0.29) is 0 Å². The van der Waals surface area contributed by atoms with Crippen LogP contribution in [0.2, 0.25) is 5.02 Å². The standard InChI is InChI=1S/C32H30ClN3O5S/c1-17-15-22-28(26(18-7-10-20(33)11-8-18)25(17)27(31(37)38)41-32(2,3)4)42-30(36-22)21-13-14-34-29(35-21)19-9-12-23(39-5)24(16-19)40-6/h7-16,27H,1-6H3,(H,37,38)/t27-/m0/s1. The molecule has 2 aromatic heterocycles. The molecule has 0 aliphatic rings. The van der Waals surface area contributed by atoms with E-state index in [0.717, 1.165) is 32.5 Å². The number of carboxylic acid groups (broad SMARTS) is 1. The monoisotopic (exact) mass is 603 g/mol. The average molecular weight is 604 g/mol. The van der Waals surface area contributed by atoms with Crippen LogP contribution in [0.3, 0.4) is 0 Å². The summed E-state index contributed by atoms with van der Waals surface area (Å²) in [5.74, 6) is 0.624. The number of methoxy groups -OCH3 is 2. The van der Waals surface area contributed by atoms with Crippen LogP contribution in [0.15, 0.2) is 60.8 Å². The first-order chi connectivity index (χ1) is 20.0. The summed E-state index contributed by atoms with van der Waals surface area (Å²) in [6.07, 6.45) is 0.496. The molecule has 5 aromatic rings. The fraction of sp³-hybridized carbons (Fsp3) is 0.250. The summed E-state index contributed by atoms with van der Waals surface area (Å²) in [5.41, 5.74) is 4.34. The van der Waals surface area contributed by atoms with Gasteiger partial charge in [0, 0.05) is 27.9 Å². The zero-order chi connectivity index (χ0) is 30.2. The van der Waals surface area contributed by atoms with Gasteiger partial charge in [0.2, 0.25) is 0 Å². The molecule has 0 amide bonds. The molecule has 1 N–H and O–H groups in total. The summed E-state index contributed by atoms with van der Waals surface area (Å²) in [6.45, 7) is 7.41. The van der Waals surface area contributed by atoms with Crippen molar-refractivity contribution in [3.63, 3.8) is 0 Å². The number of aromatic nitrogens is 3. The minimum atomic E-state index is -1.19. The Hall–Kier alpha value is -4.05. The predicted octanol–water partition coefficient (Wildman–Crippen LogP) is 8.01. The van der Waals surface area contributed by atoms with E-state index < -0.39 is 17.7 Å². The van der Waals surface area contributed by atoms with E-state index in [4.69, 9.17) is 35.8 Å². The molecule has 0 saturated heterocycles. The largest absolute Gasteiger partial charge is 0.493 e. The number of carbonyl (C=O) groups is 1. The molecule has 0 saturated carbocycles. The van der Waals surface area contributed by atoms with Crippen molar-refractivity contribution in [2.45, 2.75) is 39.4 Å². The number of aliphatic carboxylic acids is 1. The lowest BCUT2D eigenvalue weighted by Crippen LogP contribution is -2.28. The second-order valence-electron chi connectivity index (χ2n) is 10.6. The van der Waals surface area contributed by atoms with Crippen molar-refractivity contribution in [2.24, 2.45) is 0 Å². The summed E-state index contributed by atoms with van der Waals surface area (Å²) in [5, 5.41) is 11.6. The van der Waals surface area contributed by atoms with Gasteiger partial charge in [-0.3, -0.25) is 0 Å². The lowest BCUT2D eigenvalue weighted by molar-refractivity contribution is -0.160. The summed E-state index contributed by atoms with van der Waals surface area (Å²) >= 11 is 7.65. The van der Waals surface area contributed by atoms with Gasteiger partial charge >= 0.3 is 5.97 Å². The number of nitrogens with zero attached hydrogens (tertiary/aromatic N) is 3. The van der Waals surface area contributed by atoms with Crippen LogP contribution in [-0.4, -0.2) is 45.8 Å². The number of fused-ring (bicyclic) bond motifs is 1. The number of carboxylic acids is 1. The molecule has 10 heteroatoms. The molecule has 42 heavy (non-hydrogen) atoms. The van der Waals surface area contributed by atoms with Crippen LogP contribution in [0.5, 0.6) is 11.5 Å². The summed E-state index contributed by atoms with van der Waals surface area (Å²) in [4.78, 5) is 26.8. The molecule has 0 fully saturated rings. The third-order valence-electron chi connectivity index (χ3n) is 6.54. The van der Waals surface area contributed by atoms with Gasteiger partial charge in [-0.2, -0.15) is 0 Å².